The molecule has 59 heavy (non-hydrogen) atoms. The molecule has 3 atom stereocenters. The van der Waals surface area contributed by atoms with Crippen molar-refractivity contribution in [3.8, 4) is 0 Å². The number of carboxylic acid groups (broad SMARTS) is 12. The molecule has 0 aromatic heterocycles. The first-order chi connectivity index (χ1) is 23.7. The molecule has 5 N–H and O–H groups in total. The van der Waals surface area contributed by atoms with Crippen molar-refractivity contribution in [2.45, 2.75) is 74.5 Å². The fraction of sp³-hybridized carbons (Fsp3) is 0.500. The Hall–Kier alpha value is 0.998. The summed E-state index contributed by atoms with van der Waals surface area (Å²) in [6.07, 6.45) is -14.1. The minimum absolute atomic E-state index is 0. The predicted octanol–water partition coefficient (Wildman–Crippen LogP) is -24.1. The van der Waals surface area contributed by atoms with Crippen LogP contribution in [-0.4, -0.2) is 353 Å². The van der Waals surface area contributed by atoms with Gasteiger partial charge in [-0.25, -0.2) is 0 Å². The summed E-state index contributed by atoms with van der Waals surface area (Å²) in [5.41, 5.74) is -5.95. The topological polar surface area (TPSA) is 583 Å². The zero-order valence-electron chi connectivity index (χ0n) is 30.0. The molecule has 29 nitrogen and oxygen atoms in total. The van der Waals surface area contributed by atoms with Gasteiger partial charge < -0.3 is 144 Å². The Morgan fingerprint density at radius 2 is 0.458 bits per heavy atom. The normalized spacial score (nSPS) is 10.5. The molecule has 0 rings (SSSR count). The Labute approximate surface area is 507 Å². The fourth-order valence-corrected chi connectivity index (χ4v) is 2.09. The fourth-order valence-electron chi connectivity index (χ4n) is 2.09. The van der Waals surface area contributed by atoms with E-state index in [1.807, 2.05) is 0 Å². The average molecular weight is 1010 g/mol. The number of carbonyl (C=O) groups excluding carboxylic acids is 12. The first kappa shape index (κ1) is 87.0. The second-order valence-corrected chi connectivity index (χ2v) is 9.07. The summed E-state index contributed by atoms with van der Waals surface area (Å²) in [6, 6.07) is 0. The number of aliphatic hydroxyl groups is 5. The van der Waals surface area contributed by atoms with Crippen LogP contribution in [-0.2, 0) is 57.5 Å². The van der Waals surface area contributed by atoms with Crippen molar-refractivity contribution in [2.24, 2.45) is 0 Å². The van der Waals surface area contributed by atoms with Crippen LogP contribution < -0.4 is 61.3 Å². The second-order valence-electron chi connectivity index (χ2n) is 9.07. The minimum Gasteiger partial charge on any atom is -0.550 e. The number of hydrogen-bond acceptors (Lipinski definition) is 29. The third-order valence-electron chi connectivity index (χ3n) is 4.40. The van der Waals surface area contributed by atoms with E-state index in [4.69, 9.17) is 25.5 Å². The Bertz CT molecular complexity index is 1200. The van der Waals surface area contributed by atoms with Gasteiger partial charge in [-0.2, -0.15) is 0 Å². The molecule has 35 heteroatoms. The second kappa shape index (κ2) is 47.0. The van der Waals surface area contributed by atoms with E-state index in [-0.39, 0.29) is 226 Å². The Kier molecular flexibility index (Phi) is 69.3. The van der Waals surface area contributed by atoms with Crippen LogP contribution in [0.15, 0.2) is 0 Å². The van der Waals surface area contributed by atoms with Crippen molar-refractivity contribution in [1.29, 1.82) is 0 Å². The monoisotopic (exact) mass is 1010 g/mol. The van der Waals surface area contributed by atoms with Crippen LogP contribution in [0.3, 0.4) is 0 Å². The van der Waals surface area contributed by atoms with Gasteiger partial charge in [-0.15, -0.1) is 0 Å². The summed E-state index contributed by atoms with van der Waals surface area (Å²) in [5, 5.41) is 160. The number of carboxylic acids is 12. The number of aliphatic hydroxyl groups excluding tert-OH is 3. The molecule has 3 unspecified atom stereocenters. The van der Waals surface area contributed by atoms with E-state index in [9.17, 15) is 119 Å². The standard InChI is InChI=1S/2C6H8O7.3C4H6O5.6Ca/c2*7-3(8)1-6(13,5(11)12)2-4(9)10;3*5-2(4(8)9)1-3(6)7;;;;;;/h2*13H,1-2H2,(H,7,8)(H,9,10)(H,11,12);3*2,5H,1H2,(H,6,7)(H,8,9);;;;;;/q;;;;;6*+2/p-12. The van der Waals surface area contributed by atoms with E-state index in [1.54, 1.807) is 0 Å². The molecule has 0 spiro atoms. The summed E-state index contributed by atoms with van der Waals surface area (Å²) in [6.45, 7) is 0. The summed E-state index contributed by atoms with van der Waals surface area (Å²) in [4.78, 5) is 117. The van der Waals surface area contributed by atoms with Crippen LogP contribution in [0.5, 0.6) is 0 Å². The van der Waals surface area contributed by atoms with Crippen molar-refractivity contribution in [2.75, 3.05) is 0 Å². The molecule has 0 aliphatic rings. The SMILES string of the molecule is O=C([O-])CC(O)(CC(=O)[O-])C(=O)[O-].O=C([O-])CC(O)(CC(=O)[O-])C(=O)[O-].O=C([O-])CC(O)C(=O)[O-].O=C([O-])CC(O)C(=O)[O-].O=C([O-])CC(O)C(=O)[O-].[Ca+2].[Ca+2].[Ca+2].[Ca+2].[Ca+2].[Ca+2]. The molecule has 0 aromatic carbocycles. The molecule has 0 bridgehead atoms. The van der Waals surface area contributed by atoms with Crippen molar-refractivity contribution in [3.63, 3.8) is 0 Å². The van der Waals surface area contributed by atoms with Gasteiger partial charge in [0.2, 0.25) is 0 Å². The van der Waals surface area contributed by atoms with Crippen LogP contribution >= 0.6 is 0 Å². The predicted molar refractivity (Wildman–Crippen MR) is 155 cm³/mol. The number of carbonyl (C=O) groups is 12. The maximum absolute atomic E-state index is 10.1. The quantitative estimate of drug-likeness (QED) is 0.0750. The van der Waals surface area contributed by atoms with Gasteiger partial charge in [-0.1, -0.05) is 0 Å². The first-order valence-corrected chi connectivity index (χ1v) is 12.6. The van der Waals surface area contributed by atoms with Gasteiger partial charge in [0.05, 0.1) is 48.2 Å². The summed E-state index contributed by atoms with van der Waals surface area (Å²) in [7, 11) is 0. The number of aliphatic carboxylic acids is 12. The number of hydrogen-bond donors (Lipinski definition) is 5. The van der Waals surface area contributed by atoms with E-state index in [0.29, 0.717) is 0 Å². The molecule has 0 radical (unpaired) electrons. The van der Waals surface area contributed by atoms with Gasteiger partial charge in [0.25, 0.3) is 0 Å². The van der Waals surface area contributed by atoms with Crippen molar-refractivity contribution in [3.05, 3.63) is 0 Å². The Morgan fingerprint density at radius 1 is 0.322 bits per heavy atom. The van der Waals surface area contributed by atoms with Crippen LogP contribution in [0.1, 0.15) is 44.9 Å². The minimum atomic E-state index is -2.97. The van der Waals surface area contributed by atoms with E-state index in [2.05, 4.69) is 0 Å². The van der Waals surface area contributed by atoms with Crippen LogP contribution in [0, 0.1) is 0 Å². The van der Waals surface area contributed by atoms with Gasteiger partial charge in [0.1, 0.15) is 11.2 Å². The average Bonchev–Trinajstić information content (AvgIpc) is 2.91. The van der Waals surface area contributed by atoms with Crippen molar-refractivity contribution >= 4 is 298 Å². The molecule has 0 heterocycles. The van der Waals surface area contributed by atoms with Crippen LogP contribution in [0.2, 0.25) is 0 Å². The van der Waals surface area contributed by atoms with E-state index in [1.165, 1.54) is 0 Å². The molecule has 0 aromatic rings. The third-order valence-corrected chi connectivity index (χ3v) is 4.40. The van der Waals surface area contributed by atoms with E-state index in [0.717, 1.165) is 0 Å². The molecule has 0 amide bonds. The van der Waals surface area contributed by atoms with Gasteiger partial charge >= 0.3 is 226 Å². The smallest absolute Gasteiger partial charge is 0.550 e. The van der Waals surface area contributed by atoms with E-state index < -0.39 is 146 Å². The van der Waals surface area contributed by atoms with Gasteiger partial charge in [0.15, 0.2) is 0 Å². The molecular formula is C24H22Ca6O29. The maximum Gasteiger partial charge on any atom is 2.00 e. The summed E-state index contributed by atoms with van der Waals surface area (Å²) >= 11 is 0. The Balaban J connectivity index is -0.0000000534. The molecule has 0 saturated heterocycles. The summed E-state index contributed by atoms with van der Waals surface area (Å²) < 4.78 is 0. The van der Waals surface area contributed by atoms with Gasteiger partial charge in [-0.05, 0) is 0 Å². The summed E-state index contributed by atoms with van der Waals surface area (Å²) in [5.74, 6) is -22.2. The first-order valence-electron chi connectivity index (χ1n) is 12.6. The largest absolute Gasteiger partial charge is 2.00 e. The molecule has 304 valence electrons. The molecule has 0 fully saturated rings. The molecule has 0 saturated carbocycles. The Morgan fingerprint density at radius 3 is 0.508 bits per heavy atom. The van der Waals surface area contributed by atoms with Crippen molar-refractivity contribution in [1.82, 2.24) is 0 Å². The van der Waals surface area contributed by atoms with E-state index >= 15 is 0 Å². The maximum atomic E-state index is 10.1. The molecule has 0 aliphatic carbocycles. The molecular weight excluding hydrogens is 993 g/mol. The van der Waals surface area contributed by atoms with Crippen LogP contribution in [0.4, 0.5) is 0 Å². The zero-order chi connectivity index (χ0) is 43.6. The molecule has 0 aliphatic heterocycles. The van der Waals surface area contributed by atoms with Crippen LogP contribution in [0.25, 0.3) is 0 Å². The third kappa shape index (κ3) is 59.0. The van der Waals surface area contributed by atoms with Crippen molar-refractivity contribution < 1.29 is 144 Å². The zero-order valence-corrected chi connectivity index (χ0v) is 43.2. The van der Waals surface area contributed by atoms with Gasteiger partial charge in [-0.3, -0.25) is 0 Å². The number of rotatable bonds is 19. The van der Waals surface area contributed by atoms with Gasteiger partial charge in [0, 0.05) is 86.7 Å².